The van der Waals surface area contributed by atoms with Gasteiger partial charge in [-0.15, -0.1) is 0 Å². The van der Waals surface area contributed by atoms with Crippen LogP contribution in [0.2, 0.25) is 0 Å². The number of carbonyl (C=O) groups is 1. The van der Waals surface area contributed by atoms with Crippen LogP contribution in [0, 0.1) is 22.7 Å². The Bertz CT molecular complexity index is 454. The first-order valence-electron chi connectivity index (χ1n) is 7.30. The summed E-state index contributed by atoms with van der Waals surface area (Å²) < 4.78 is 0. The highest BCUT2D eigenvalue weighted by Gasteiger charge is 2.61. The highest BCUT2D eigenvalue weighted by atomic mass is 16.1. The first-order chi connectivity index (χ1) is 8.38. The minimum absolute atomic E-state index is 0.0426. The van der Waals surface area contributed by atoms with Crippen LogP contribution in [0.5, 0.6) is 0 Å². The maximum atomic E-state index is 13.0. The second-order valence-electron chi connectivity index (χ2n) is 7.32. The van der Waals surface area contributed by atoms with Crippen molar-refractivity contribution in [3.05, 3.63) is 23.8 Å². The van der Waals surface area contributed by atoms with E-state index >= 15 is 0 Å². The molecular formula is C17H24O. The molecule has 2 bridgehead atoms. The van der Waals surface area contributed by atoms with E-state index in [0.29, 0.717) is 11.7 Å². The van der Waals surface area contributed by atoms with Gasteiger partial charge in [-0.25, -0.2) is 0 Å². The molecule has 0 radical (unpaired) electrons. The summed E-state index contributed by atoms with van der Waals surface area (Å²) in [7, 11) is 0. The third-order valence-electron chi connectivity index (χ3n) is 5.56. The number of ketones is 1. The third kappa shape index (κ3) is 1.36. The quantitative estimate of drug-likeness (QED) is 0.581. The van der Waals surface area contributed by atoms with Crippen molar-refractivity contribution in [2.75, 3.05) is 0 Å². The Morgan fingerprint density at radius 3 is 2.78 bits per heavy atom. The van der Waals surface area contributed by atoms with Crippen molar-refractivity contribution in [1.82, 2.24) is 0 Å². The van der Waals surface area contributed by atoms with E-state index in [9.17, 15) is 4.79 Å². The minimum atomic E-state index is -0.0750. The average molecular weight is 244 g/mol. The predicted molar refractivity (Wildman–Crippen MR) is 74.2 cm³/mol. The summed E-state index contributed by atoms with van der Waals surface area (Å²) in [5.74, 6) is 1.04. The highest BCUT2D eigenvalue weighted by molar-refractivity contribution is 5.95. The largest absolute Gasteiger partial charge is 0.298 e. The van der Waals surface area contributed by atoms with Crippen molar-refractivity contribution in [3.8, 4) is 0 Å². The van der Waals surface area contributed by atoms with Crippen LogP contribution in [-0.4, -0.2) is 5.78 Å². The smallest absolute Gasteiger partial charge is 0.147 e. The molecule has 18 heavy (non-hydrogen) atoms. The lowest BCUT2D eigenvalue weighted by Crippen LogP contribution is -2.36. The van der Waals surface area contributed by atoms with Crippen molar-refractivity contribution >= 4 is 5.78 Å². The third-order valence-corrected chi connectivity index (χ3v) is 5.56. The van der Waals surface area contributed by atoms with Gasteiger partial charge in [-0.05, 0) is 37.5 Å². The van der Waals surface area contributed by atoms with Gasteiger partial charge in [-0.2, -0.15) is 0 Å². The predicted octanol–water partition coefficient (Wildman–Crippen LogP) is 4.29. The molecule has 0 aromatic heterocycles. The first kappa shape index (κ1) is 12.2. The van der Waals surface area contributed by atoms with E-state index in [4.69, 9.17) is 0 Å². The van der Waals surface area contributed by atoms with E-state index in [2.05, 4.69) is 33.4 Å². The molecule has 0 heterocycles. The first-order valence-corrected chi connectivity index (χ1v) is 7.30. The van der Waals surface area contributed by atoms with Gasteiger partial charge in [0.25, 0.3) is 0 Å². The molecule has 3 aliphatic carbocycles. The monoisotopic (exact) mass is 244 g/mol. The average Bonchev–Trinajstić information content (AvgIpc) is 2.43. The Morgan fingerprint density at radius 2 is 2.06 bits per heavy atom. The van der Waals surface area contributed by atoms with E-state index < -0.39 is 0 Å². The molecule has 98 valence electrons. The zero-order valence-corrected chi connectivity index (χ0v) is 11.9. The van der Waals surface area contributed by atoms with Gasteiger partial charge in [-0.1, -0.05) is 50.5 Å². The lowest BCUT2D eigenvalue weighted by atomic mass is 9.64. The number of allylic oxidation sites excluding steroid dienone is 3. The fourth-order valence-corrected chi connectivity index (χ4v) is 5.11. The number of fused-ring (bicyclic) bond motifs is 1. The number of carbonyl (C=O) groups excluding carboxylic acids is 1. The molecule has 3 atom stereocenters. The zero-order valence-electron chi connectivity index (χ0n) is 11.9. The molecule has 0 aromatic carbocycles. The van der Waals surface area contributed by atoms with Crippen LogP contribution in [-0.2, 0) is 4.79 Å². The molecule has 1 spiro atoms. The Hall–Kier alpha value is -0.850. The van der Waals surface area contributed by atoms with Gasteiger partial charge < -0.3 is 0 Å². The molecule has 0 amide bonds. The van der Waals surface area contributed by atoms with E-state index in [1.54, 1.807) is 0 Å². The summed E-state index contributed by atoms with van der Waals surface area (Å²) in [6, 6.07) is 0. The fourth-order valence-electron chi connectivity index (χ4n) is 5.11. The molecule has 0 saturated heterocycles. The SMILES string of the molecule is C=C1[C@H]2C(=O)[C@]3(CCCC[C@@H]13)CC(C)=CC2(C)C. The van der Waals surface area contributed by atoms with Crippen LogP contribution >= 0.6 is 0 Å². The number of Topliss-reactive ketones (excluding diaryl/α,β-unsaturated/α-hetero) is 1. The molecule has 1 nitrogen and oxygen atoms in total. The van der Waals surface area contributed by atoms with Gasteiger partial charge in [-0.3, -0.25) is 4.79 Å². The Kier molecular flexibility index (Phi) is 2.43. The van der Waals surface area contributed by atoms with Gasteiger partial charge in [0.05, 0.1) is 0 Å². The van der Waals surface area contributed by atoms with E-state index in [-0.39, 0.29) is 16.7 Å². The fraction of sp³-hybridized carbons (Fsp3) is 0.706. The lowest BCUT2D eigenvalue weighted by Gasteiger charge is -2.38. The zero-order chi connectivity index (χ0) is 13.1. The summed E-state index contributed by atoms with van der Waals surface area (Å²) in [5, 5.41) is 0. The van der Waals surface area contributed by atoms with Crippen LogP contribution in [0.4, 0.5) is 0 Å². The van der Waals surface area contributed by atoms with Crippen molar-refractivity contribution in [2.24, 2.45) is 22.7 Å². The normalized spacial score (nSPS) is 42.3. The van der Waals surface area contributed by atoms with Gasteiger partial charge in [0.15, 0.2) is 0 Å². The standard InChI is InChI=1S/C17H24O/c1-11-9-16(3,4)14-12(2)13-7-5-6-8-17(13,10-11)15(14)18/h9,13-14H,2,5-8,10H2,1,3-4H3/t13-,14-,17+/m0/s1. The molecule has 0 unspecified atom stereocenters. The van der Waals surface area contributed by atoms with Crippen molar-refractivity contribution < 1.29 is 4.79 Å². The second kappa shape index (κ2) is 3.59. The van der Waals surface area contributed by atoms with Crippen LogP contribution < -0.4 is 0 Å². The molecule has 2 fully saturated rings. The van der Waals surface area contributed by atoms with Crippen molar-refractivity contribution in [1.29, 1.82) is 0 Å². The van der Waals surface area contributed by atoms with E-state index in [1.165, 1.54) is 30.4 Å². The molecule has 2 saturated carbocycles. The number of hydrogen-bond donors (Lipinski definition) is 0. The van der Waals surface area contributed by atoms with Crippen molar-refractivity contribution in [2.45, 2.75) is 52.9 Å². The summed E-state index contributed by atoms with van der Waals surface area (Å²) in [6.07, 6.45) is 8.08. The minimum Gasteiger partial charge on any atom is -0.298 e. The van der Waals surface area contributed by atoms with Crippen LogP contribution in [0.3, 0.4) is 0 Å². The molecule has 0 aromatic rings. The maximum absolute atomic E-state index is 13.0. The summed E-state index contributed by atoms with van der Waals surface area (Å²) >= 11 is 0. The number of rotatable bonds is 0. The molecule has 0 aliphatic heterocycles. The lowest BCUT2D eigenvalue weighted by molar-refractivity contribution is -0.132. The van der Waals surface area contributed by atoms with Crippen molar-refractivity contribution in [3.63, 3.8) is 0 Å². The van der Waals surface area contributed by atoms with Crippen LogP contribution in [0.1, 0.15) is 52.9 Å². The highest BCUT2D eigenvalue weighted by Crippen LogP contribution is 2.62. The maximum Gasteiger partial charge on any atom is 0.147 e. The van der Waals surface area contributed by atoms with Gasteiger partial charge in [0, 0.05) is 11.3 Å². The van der Waals surface area contributed by atoms with E-state index in [0.717, 1.165) is 12.8 Å². The molecule has 3 rings (SSSR count). The Morgan fingerprint density at radius 1 is 1.33 bits per heavy atom. The second-order valence-corrected chi connectivity index (χ2v) is 7.32. The van der Waals surface area contributed by atoms with Gasteiger partial charge in [0.2, 0.25) is 0 Å². The van der Waals surface area contributed by atoms with Gasteiger partial charge in [0.1, 0.15) is 5.78 Å². The molecular weight excluding hydrogens is 220 g/mol. The summed E-state index contributed by atoms with van der Waals surface area (Å²) in [6.45, 7) is 11.0. The Balaban J connectivity index is 2.18. The Labute approximate surface area is 110 Å². The van der Waals surface area contributed by atoms with E-state index in [1.807, 2.05) is 0 Å². The topological polar surface area (TPSA) is 17.1 Å². The van der Waals surface area contributed by atoms with Crippen LogP contribution in [0.15, 0.2) is 23.8 Å². The summed E-state index contributed by atoms with van der Waals surface area (Å²) in [5.41, 5.74) is 2.54. The molecule has 0 N–H and O–H groups in total. The van der Waals surface area contributed by atoms with Crippen LogP contribution in [0.25, 0.3) is 0 Å². The summed E-state index contributed by atoms with van der Waals surface area (Å²) in [4.78, 5) is 13.0. The number of hydrogen-bond acceptors (Lipinski definition) is 1. The van der Waals surface area contributed by atoms with Gasteiger partial charge >= 0.3 is 0 Å². The molecule has 3 aliphatic rings. The molecule has 1 heteroatoms.